The maximum atomic E-state index is 10.3. The van der Waals surface area contributed by atoms with Crippen molar-refractivity contribution in [2.45, 2.75) is 20.0 Å². The van der Waals surface area contributed by atoms with E-state index in [1.807, 2.05) is 0 Å². The first kappa shape index (κ1) is 8.17. The minimum absolute atomic E-state index is 0.103. The molecule has 0 aromatic rings. The van der Waals surface area contributed by atoms with Gasteiger partial charge in [-0.15, -0.1) is 0 Å². The van der Waals surface area contributed by atoms with Gasteiger partial charge in [-0.1, -0.05) is 6.58 Å². The quantitative estimate of drug-likeness (QED) is 0.325. The minimum Gasteiger partial charge on any atom is -0.293 e. The summed E-state index contributed by atoms with van der Waals surface area (Å²) in [5.74, 6) is -0.566. The van der Waals surface area contributed by atoms with E-state index in [2.05, 4.69) is 16.4 Å². The molecule has 0 N–H and O–H groups in total. The lowest BCUT2D eigenvalue weighted by molar-refractivity contribution is -0.286. The lowest BCUT2D eigenvalue weighted by Crippen LogP contribution is -2.07. The maximum absolute atomic E-state index is 10.3. The van der Waals surface area contributed by atoms with Crippen molar-refractivity contribution in [3.63, 3.8) is 0 Å². The van der Waals surface area contributed by atoms with E-state index >= 15 is 0 Å². The van der Waals surface area contributed by atoms with Gasteiger partial charge in [0.1, 0.15) is 0 Å². The third kappa shape index (κ3) is 5.03. The van der Waals surface area contributed by atoms with E-state index in [4.69, 9.17) is 0 Å². The SMILES string of the molecule is C=CC(=O)OOC(C)C. The number of hydrogen-bond donors (Lipinski definition) is 0. The van der Waals surface area contributed by atoms with Crippen molar-refractivity contribution in [1.29, 1.82) is 0 Å². The summed E-state index contributed by atoms with van der Waals surface area (Å²) in [4.78, 5) is 18.9. The van der Waals surface area contributed by atoms with E-state index < -0.39 is 5.97 Å². The van der Waals surface area contributed by atoms with Gasteiger partial charge in [-0.05, 0) is 13.8 Å². The van der Waals surface area contributed by atoms with Gasteiger partial charge in [-0.3, -0.25) is 4.89 Å². The Kier molecular flexibility index (Phi) is 3.71. The fourth-order valence-corrected chi connectivity index (χ4v) is 0.178. The first-order valence-electron chi connectivity index (χ1n) is 2.66. The fourth-order valence-electron chi connectivity index (χ4n) is 0.178. The second kappa shape index (κ2) is 4.09. The highest BCUT2D eigenvalue weighted by Crippen LogP contribution is 1.89. The zero-order chi connectivity index (χ0) is 7.28. The number of hydrogen-bond acceptors (Lipinski definition) is 3. The molecule has 0 bridgehead atoms. The van der Waals surface area contributed by atoms with Crippen LogP contribution in [0.25, 0.3) is 0 Å². The van der Waals surface area contributed by atoms with E-state index in [-0.39, 0.29) is 6.10 Å². The van der Waals surface area contributed by atoms with E-state index in [1.165, 1.54) is 0 Å². The Morgan fingerprint density at radius 2 is 2.22 bits per heavy atom. The van der Waals surface area contributed by atoms with Crippen LogP contribution in [-0.2, 0) is 14.6 Å². The normalized spacial score (nSPS) is 9.22. The first-order valence-corrected chi connectivity index (χ1v) is 2.66. The second-order valence-corrected chi connectivity index (χ2v) is 1.75. The Labute approximate surface area is 54.2 Å². The molecule has 0 aliphatic rings. The molecule has 0 aromatic heterocycles. The third-order valence-electron chi connectivity index (χ3n) is 0.489. The molecule has 0 atom stereocenters. The van der Waals surface area contributed by atoms with Gasteiger partial charge in [0, 0.05) is 6.08 Å². The maximum Gasteiger partial charge on any atom is 0.365 e. The van der Waals surface area contributed by atoms with Gasteiger partial charge in [-0.25, -0.2) is 4.79 Å². The average Bonchev–Trinajstić information content (AvgIpc) is 1.83. The Bertz CT molecular complexity index is 107. The van der Waals surface area contributed by atoms with E-state index in [9.17, 15) is 4.79 Å². The zero-order valence-corrected chi connectivity index (χ0v) is 5.59. The predicted octanol–water partition coefficient (Wildman–Crippen LogP) is 1.06. The molecule has 0 radical (unpaired) electrons. The van der Waals surface area contributed by atoms with Gasteiger partial charge in [0.2, 0.25) is 0 Å². The lowest BCUT2D eigenvalue weighted by Gasteiger charge is -2.02. The molecule has 0 saturated carbocycles. The Morgan fingerprint density at radius 1 is 1.67 bits per heavy atom. The van der Waals surface area contributed by atoms with Crippen LogP contribution in [0, 0.1) is 0 Å². The monoisotopic (exact) mass is 130 g/mol. The Morgan fingerprint density at radius 3 is 2.56 bits per heavy atom. The lowest BCUT2D eigenvalue weighted by atomic mass is 10.5. The van der Waals surface area contributed by atoms with Crippen molar-refractivity contribution in [2.24, 2.45) is 0 Å². The Hall–Kier alpha value is -0.830. The predicted molar refractivity (Wildman–Crippen MR) is 32.5 cm³/mol. The summed E-state index contributed by atoms with van der Waals surface area (Å²) in [6.45, 7) is 6.70. The van der Waals surface area contributed by atoms with Crippen LogP contribution in [0.2, 0.25) is 0 Å². The van der Waals surface area contributed by atoms with Gasteiger partial charge < -0.3 is 0 Å². The standard InChI is InChI=1S/C6H10O3/c1-4-6(7)9-8-5(2)3/h4-5H,1H2,2-3H3. The summed E-state index contributed by atoms with van der Waals surface area (Å²) in [6.07, 6.45) is 0.941. The number of carbonyl (C=O) groups excluding carboxylic acids is 1. The number of carbonyl (C=O) groups is 1. The second-order valence-electron chi connectivity index (χ2n) is 1.75. The van der Waals surface area contributed by atoms with Gasteiger partial charge in [-0.2, -0.15) is 4.89 Å². The van der Waals surface area contributed by atoms with Gasteiger partial charge >= 0.3 is 5.97 Å². The average molecular weight is 130 g/mol. The molecular formula is C6H10O3. The molecule has 0 spiro atoms. The summed E-state index contributed by atoms with van der Waals surface area (Å²) in [7, 11) is 0. The summed E-state index contributed by atoms with van der Waals surface area (Å²) in [5.41, 5.74) is 0. The number of rotatable bonds is 3. The molecule has 0 aliphatic carbocycles. The van der Waals surface area contributed by atoms with Crippen LogP contribution in [0.4, 0.5) is 0 Å². The van der Waals surface area contributed by atoms with Crippen LogP contribution in [0.5, 0.6) is 0 Å². The molecule has 3 heteroatoms. The van der Waals surface area contributed by atoms with Crippen molar-refractivity contribution in [3.05, 3.63) is 12.7 Å². The largest absolute Gasteiger partial charge is 0.365 e. The van der Waals surface area contributed by atoms with Crippen molar-refractivity contribution < 1.29 is 14.6 Å². The third-order valence-corrected chi connectivity index (χ3v) is 0.489. The van der Waals surface area contributed by atoms with Crippen LogP contribution in [0.15, 0.2) is 12.7 Å². The highest BCUT2D eigenvalue weighted by Gasteiger charge is 1.97. The van der Waals surface area contributed by atoms with Crippen molar-refractivity contribution in [1.82, 2.24) is 0 Å². The topological polar surface area (TPSA) is 35.5 Å². The van der Waals surface area contributed by atoms with Crippen molar-refractivity contribution >= 4 is 5.97 Å². The van der Waals surface area contributed by atoms with Crippen LogP contribution in [0.1, 0.15) is 13.8 Å². The minimum atomic E-state index is -0.566. The van der Waals surface area contributed by atoms with Crippen LogP contribution >= 0.6 is 0 Å². The highest BCUT2D eigenvalue weighted by atomic mass is 17.2. The van der Waals surface area contributed by atoms with Crippen LogP contribution in [0.3, 0.4) is 0 Å². The summed E-state index contributed by atoms with van der Waals surface area (Å²) in [6, 6.07) is 0. The van der Waals surface area contributed by atoms with E-state index in [0.29, 0.717) is 0 Å². The fraction of sp³-hybridized carbons (Fsp3) is 0.500. The van der Waals surface area contributed by atoms with Crippen molar-refractivity contribution in [2.75, 3.05) is 0 Å². The van der Waals surface area contributed by atoms with Crippen molar-refractivity contribution in [3.8, 4) is 0 Å². The van der Waals surface area contributed by atoms with Crippen LogP contribution < -0.4 is 0 Å². The molecule has 3 nitrogen and oxygen atoms in total. The van der Waals surface area contributed by atoms with Gasteiger partial charge in [0.05, 0.1) is 6.10 Å². The molecule has 52 valence electrons. The zero-order valence-electron chi connectivity index (χ0n) is 5.59. The molecule has 9 heavy (non-hydrogen) atoms. The molecule has 0 unspecified atom stereocenters. The summed E-state index contributed by atoms with van der Waals surface area (Å²) >= 11 is 0. The molecule has 0 rings (SSSR count). The summed E-state index contributed by atoms with van der Waals surface area (Å²) < 4.78 is 0. The van der Waals surface area contributed by atoms with Gasteiger partial charge in [0.15, 0.2) is 0 Å². The smallest absolute Gasteiger partial charge is 0.293 e. The molecule has 0 aliphatic heterocycles. The summed E-state index contributed by atoms with van der Waals surface area (Å²) in [5, 5.41) is 0. The molecule has 0 heterocycles. The molecule has 0 amide bonds. The molecule has 0 aromatic carbocycles. The van der Waals surface area contributed by atoms with Crippen LogP contribution in [-0.4, -0.2) is 12.1 Å². The highest BCUT2D eigenvalue weighted by molar-refractivity contribution is 5.80. The Balaban J connectivity index is 3.27. The van der Waals surface area contributed by atoms with Gasteiger partial charge in [0.25, 0.3) is 0 Å². The molecular weight excluding hydrogens is 120 g/mol. The molecule has 0 saturated heterocycles. The molecule has 0 fully saturated rings. The van der Waals surface area contributed by atoms with E-state index in [0.717, 1.165) is 6.08 Å². The first-order chi connectivity index (χ1) is 4.16. The van der Waals surface area contributed by atoms with E-state index in [1.54, 1.807) is 13.8 Å².